The van der Waals surface area contributed by atoms with Crippen LogP contribution < -0.4 is 0 Å². The van der Waals surface area contributed by atoms with Gasteiger partial charge in [-0.05, 0) is 19.3 Å². The van der Waals surface area contributed by atoms with Crippen molar-refractivity contribution in [2.45, 2.75) is 31.7 Å². The normalized spacial score (nSPS) is 28.8. The average Bonchev–Trinajstić information content (AvgIpc) is 1.94. The number of aliphatic hydroxyl groups is 1. The van der Waals surface area contributed by atoms with Crippen molar-refractivity contribution in [2.24, 2.45) is 0 Å². The van der Waals surface area contributed by atoms with Gasteiger partial charge in [0.05, 0.1) is 0 Å². The lowest BCUT2D eigenvalue weighted by atomic mass is 10.0. The molecule has 0 spiro atoms. The van der Waals surface area contributed by atoms with Crippen molar-refractivity contribution in [1.29, 1.82) is 0 Å². The van der Waals surface area contributed by atoms with E-state index in [0.29, 0.717) is 6.42 Å². The standard InChI is InChI=1S/C7H15NO2/c9-6-4-7-3-1-2-5-8(7)10/h7,9-10H,1-6H2. The van der Waals surface area contributed by atoms with Crippen LogP contribution >= 0.6 is 0 Å². The molecule has 3 heteroatoms. The topological polar surface area (TPSA) is 43.7 Å². The molecule has 60 valence electrons. The highest BCUT2D eigenvalue weighted by Gasteiger charge is 2.19. The largest absolute Gasteiger partial charge is 0.396 e. The van der Waals surface area contributed by atoms with Gasteiger partial charge in [-0.1, -0.05) is 6.42 Å². The van der Waals surface area contributed by atoms with Crippen molar-refractivity contribution in [3.63, 3.8) is 0 Å². The molecule has 0 aromatic rings. The Morgan fingerprint density at radius 1 is 1.40 bits per heavy atom. The highest BCUT2D eigenvalue weighted by atomic mass is 16.5. The molecule has 1 aliphatic heterocycles. The van der Waals surface area contributed by atoms with Crippen LogP contribution in [0.2, 0.25) is 0 Å². The van der Waals surface area contributed by atoms with Gasteiger partial charge in [0.1, 0.15) is 0 Å². The lowest BCUT2D eigenvalue weighted by Crippen LogP contribution is -2.37. The Morgan fingerprint density at radius 3 is 2.80 bits per heavy atom. The monoisotopic (exact) mass is 145 g/mol. The maximum atomic E-state index is 9.22. The van der Waals surface area contributed by atoms with Gasteiger partial charge in [-0.3, -0.25) is 0 Å². The zero-order valence-electron chi connectivity index (χ0n) is 6.16. The third-order valence-electron chi connectivity index (χ3n) is 2.06. The highest BCUT2D eigenvalue weighted by Crippen LogP contribution is 2.16. The quantitative estimate of drug-likeness (QED) is 0.598. The number of piperidine rings is 1. The molecule has 1 unspecified atom stereocenters. The summed E-state index contributed by atoms with van der Waals surface area (Å²) in [4.78, 5) is 0. The van der Waals surface area contributed by atoms with Gasteiger partial charge in [0.25, 0.3) is 0 Å². The second-order valence-electron chi connectivity index (χ2n) is 2.82. The first kappa shape index (κ1) is 7.98. The SMILES string of the molecule is OCCC1CCCCN1O. The van der Waals surface area contributed by atoms with E-state index in [0.717, 1.165) is 19.4 Å². The lowest BCUT2D eigenvalue weighted by molar-refractivity contribution is -0.145. The Balaban J connectivity index is 2.25. The van der Waals surface area contributed by atoms with Gasteiger partial charge in [0.15, 0.2) is 0 Å². The first-order valence-corrected chi connectivity index (χ1v) is 3.91. The van der Waals surface area contributed by atoms with Gasteiger partial charge in [-0.2, -0.15) is 5.06 Å². The third-order valence-corrected chi connectivity index (χ3v) is 2.06. The van der Waals surface area contributed by atoms with Gasteiger partial charge < -0.3 is 10.3 Å². The van der Waals surface area contributed by atoms with Crippen LogP contribution in [0.3, 0.4) is 0 Å². The van der Waals surface area contributed by atoms with Gasteiger partial charge in [-0.15, -0.1) is 0 Å². The number of hydrogen-bond acceptors (Lipinski definition) is 3. The molecule has 0 saturated carbocycles. The first-order chi connectivity index (χ1) is 4.84. The molecule has 1 atom stereocenters. The molecule has 1 heterocycles. The molecule has 0 radical (unpaired) electrons. The minimum absolute atomic E-state index is 0.182. The summed E-state index contributed by atoms with van der Waals surface area (Å²) < 4.78 is 0. The molecular weight excluding hydrogens is 130 g/mol. The van der Waals surface area contributed by atoms with E-state index in [4.69, 9.17) is 5.11 Å². The van der Waals surface area contributed by atoms with Crippen molar-refractivity contribution in [3.05, 3.63) is 0 Å². The number of nitrogens with zero attached hydrogens (tertiary/aromatic N) is 1. The molecule has 10 heavy (non-hydrogen) atoms. The molecule has 0 aliphatic carbocycles. The summed E-state index contributed by atoms with van der Waals surface area (Å²) in [5.74, 6) is 0. The van der Waals surface area contributed by atoms with Gasteiger partial charge in [-0.25, -0.2) is 0 Å². The van der Waals surface area contributed by atoms with E-state index >= 15 is 0 Å². The molecule has 1 saturated heterocycles. The Bertz CT molecular complexity index is 95.6. The first-order valence-electron chi connectivity index (χ1n) is 3.91. The van der Waals surface area contributed by atoms with E-state index in [1.807, 2.05) is 0 Å². The van der Waals surface area contributed by atoms with Crippen LogP contribution in [0, 0.1) is 0 Å². The number of hydrogen-bond donors (Lipinski definition) is 2. The van der Waals surface area contributed by atoms with E-state index < -0.39 is 0 Å². The van der Waals surface area contributed by atoms with Crippen LogP contribution in [-0.4, -0.2) is 34.6 Å². The molecule has 0 bridgehead atoms. The summed E-state index contributed by atoms with van der Waals surface area (Å²) in [7, 11) is 0. The van der Waals surface area contributed by atoms with Crippen molar-refractivity contribution in [2.75, 3.05) is 13.2 Å². The molecule has 0 amide bonds. The van der Waals surface area contributed by atoms with Crippen LogP contribution in [0.5, 0.6) is 0 Å². The van der Waals surface area contributed by atoms with Gasteiger partial charge in [0.2, 0.25) is 0 Å². The van der Waals surface area contributed by atoms with Crippen molar-refractivity contribution in [3.8, 4) is 0 Å². The maximum Gasteiger partial charge on any atom is 0.0446 e. The third kappa shape index (κ3) is 1.94. The second-order valence-corrected chi connectivity index (χ2v) is 2.82. The minimum Gasteiger partial charge on any atom is -0.396 e. The Hall–Kier alpha value is -0.120. The minimum atomic E-state index is 0.182. The summed E-state index contributed by atoms with van der Waals surface area (Å²) in [5, 5.41) is 19.2. The van der Waals surface area contributed by atoms with E-state index in [-0.39, 0.29) is 12.6 Å². The van der Waals surface area contributed by atoms with E-state index in [9.17, 15) is 5.21 Å². The average molecular weight is 145 g/mol. The Labute approximate surface area is 61.2 Å². The summed E-state index contributed by atoms with van der Waals surface area (Å²) in [6.07, 6.45) is 3.99. The Kier molecular flexibility index (Phi) is 3.12. The molecule has 1 aliphatic rings. The van der Waals surface area contributed by atoms with Crippen molar-refractivity contribution >= 4 is 0 Å². The number of rotatable bonds is 2. The van der Waals surface area contributed by atoms with E-state index in [1.54, 1.807) is 0 Å². The smallest absolute Gasteiger partial charge is 0.0446 e. The predicted molar refractivity (Wildman–Crippen MR) is 37.8 cm³/mol. The Morgan fingerprint density at radius 2 is 2.20 bits per heavy atom. The fourth-order valence-electron chi connectivity index (χ4n) is 1.43. The van der Waals surface area contributed by atoms with E-state index in [1.165, 1.54) is 11.5 Å². The zero-order valence-corrected chi connectivity index (χ0v) is 6.16. The fraction of sp³-hybridized carbons (Fsp3) is 1.00. The molecule has 0 aromatic carbocycles. The molecule has 3 nitrogen and oxygen atoms in total. The zero-order chi connectivity index (χ0) is 7.40. The summed E-state index contributed by atoms with van der Waals surface area (Å²) in [6.45, 7) is 0.951. The van der Waals surface area contributed by atoms with Crippen molar-refractivity contribution < 1.29 is 10.3 Å². The number of aliphatic hydroxyl groups excluding tert-OH is 1. The van der Waals surface area contributed by atoms with Gasteiger partial charge in [0, 0.05) is 19.2 Å². The molecule has 0 aromatic heterocycles. The molecule has 1 fully saturated rings. The molecule has 1 rings (SSSR count). The second kappa shape index (κ2) is 3.91. The van der Waals surface area contributed by atoms with Crippen LogP contribution in [0.25, 0.3) is 0 Å². The predicted octanol–water partition coefficient (Wildman–Crippen LogP) is 0.612. The van der Waals surface area contributed by atoms with Crippen LogP contribution in [0.15, 0.2) is 0 Å². The molecular formula is C7H15NO2. The fourth-order valence-corrected chi connectivity index (χ4v) is 1.43. The van der Waals surface area contributed by atoms with Crippen molar-refractivity contribution in [1.82, 2.24) is 5.06 Å². The lowest BCUT2D eigenvalue weighted by Gasteiger charge is -2.29. The maximum absolute atomic E-state index is 9.22. The van der Waals surface area contributed by atoms with Crippen LogP contribution in [0.1, 0.15) is 25.7 Å². The summed E-state index contributed by atoms with van der Waals surface area (Å²) >= 11 is 0. The molecule has 2 N–H and O–H groups in total. The summed E-state index contributed by atoms with van der Waals surface area (Å²) in [5.41, 5.74) is 0. The summed E-state index contributed by atoms with van der Waals surface area (Å²) in [6, 6.07) is 0.207. The highest BCUT2D eigenvalue weighted by molar-refractivity contribution is 4.70. The van der Waals surface area contributed by atoms with Gasteiger partial charge >= 0.3 is 0 Å². The van der Waals surface area contributed by atoms with Crippen LogP contribution in [-0.2, 0) is 0 Å². The van der Waals surface area contributed by atoms with Crippen LogP contribution in [0.4, 0.5) is 0 Å². The number of hydroxylamine groups is 2. The van der Waals surface area contributed by atoms with E-state index in [2.05, 4.69) is 0 Å².